The van der Waals surface area contributed by atoms with Crippen LogP contribution in [0.1, 0.15) is 10.6 Å². The molecule has 2 heterocycles. The first kappa shape index (κ1) is 14.6. The fraction of sp³-hybridized carbons (Fsp3) is 0. The molecule has 1 N–H and O–H groups in total. The Morgan fingerprint density at radius 3 is 2.54 bits per heavy atom. The molecule has 0 fully saturated rings. The zero-order chi connectivity index (χ0) is 16.4. The fourth-order valence-corrected chi connectivity index (χ4v) is 3.43. The van der Waals surface area contributed by atoms with Crippen molar-refractivity contribution in [3.63, 3.8) is 0 Å². The molecule has 0 atom stereocenters. The van der Waals surface area contributed by atoms with Crippen molar-refractivity contribution in [3.8, 4) is 10.4 Å². The van der Waals surface area contributed by atoms with Crippen LogP contribution in [0.3, 0.4) is 0 Å². The van der Waals surface area contributed by atoms with Gasteiger partial charge < -0.3 is 4.98 Å². The monoisotopic (exact) mass is 330 g/mol. The minimum Gasteiger partial charge on any atom is -0.319 e. The molecule has 0 radical (unpaired) electrons. The van der Waals surface area contributed by atoms with Crippen molar-refractivity contribution >= 4 is 34.5 Å². The van der Waals surface area contributed by atoms with Gasteiger partial charge in [0.2, 0.25) is 0 Å². The van der Waals surface area contributed by atoms with E-state index in [0.29, 0.717) is 5.69 Å². The molecule has 0 aliphatic rings. The topological polar surface area (TPSA) is 45.8 Å². The Morgan fingerprint density at radius 2 is 1.67 bits per heavy atom. The minimum absolute atomic E-state index is 0.176. The summed E-state index contributed by atoms with van der Waals surface area (Å²) < 4.78 is 0. The van der Waals surface area contributed by atoms with E-state index in [1.165, 1.54) is 10.4 Å². The molecule has 0 saturated heterocycles. The van der Waals surface area contributed by atoms with E-state index in [4.69, 9.17) is 0 Å². The maximum atomic E-state index is 12.1. The van der Waals surface area contributed by atoms with Crippen molar-refractivity contribution < 1.29 is 0 Å². The molecule has 0 unspecified atom stereocenters. The number of hydrogen-bond acceptors (Lipinski definition) is 3. The van der Waals surface area contributed by atoms with Gasteiger partial charge in [-0.3, -0.25) is 4.79 Å². The van der Waals surface area contributed by atoms with Crippen molar-refractivity contribution in [3.05, 3.63) is 87.7 Å². The quantitative estimate of drug-likeness (QED) is 0.585. The zero-order valence-corrected chi connectivity index (χ0v) is 13.6. The highest BCUT2D eigenvalue weighted by Crippen LogP contribution is 2.28. The van der Waals surface area contributed by atoms with Gasteiger partial charge in [-0.2, -0.15) is 0 Å². The number of benzene rings is 2. The number of thiophene rings is 1. The van der Waals surface area contributed by atoms with Gasteiger partial charge in [0.25, 0.3) is 5.56 Å². The molecule has 24 heavy (non-hydrogen) atoms. The molecule has 0 aliphatic carbocycles. The molecular weight excluding hydrogens is 316 g/mol. The largest absolute Gasteiger partial charge is 0.319 e. The Bertz CT molecular complexity index is 1080. The maximum absolute atomic E-state index is 12.1. The summed E-state index contributed by atoms with van der Waals surface area (Å²) in [5, 5.41) is 0. The first-order chi connectivity index (χ1) is 11.8. The molecule has 0 amide bonds. The van der Waals surface area contributed by atoms with Gasteiger partial charge in [-0.25, -0.2) is 4.98 Å². The van der Waals surface area contributed by atoms with Crippen molar-refractivity contribution in [2.24, 2.45) is 0 Å². The van der Waals surface area contributed by atoms with Crippen LogP contribution in [-0.4, -0.2) is 9.97 Å². The maximum Gasteiger partial charge on any atom is 0.274 e. The standard InChI is InChI=1S/C20H14N2OS/c23-20-18(21-16-8-4-5-9-17(16)22-20)12-10-15-11-13-19(24-15)14-6-2-1-3-7-14/h1-13H,(H,22,23)/b12-10+. The van der Waals surface area contributed by atoms with Crippen LogP contribution in [0.15, 0.2) is 71.5 Å². The van der Waals surface area contributed by atoms with Gasteiger partial charge in [-0.15, -0.1) is 11.3 Å². The lowest BCUT2D eigenvalue weighted by atomic mass is 10.2. The summed E-state index contributed by atoms with van der Waals surface area (Å²) in [4.78, 5) is 21.7. The Hall–Kier alpha value is -2.98. The van der Waals surface area contributed by atoms with Crippen molar-refractivity contribution in [2.75, 3.05) is 0 Å². The third-order valence-corrected chi connectivity index (χ3v) is 4.82. The molecular formula is C20H14N2OS. The van der Waals surface area contributed by atoms with E-state index in [1.807, 2.05) is 48.5 Å². The third-order valence-electron chi connectivity index (χ3n) is 3.72. The van der Waals surface area contributed by atoms with E-state index in [0.717, 1.165) is 15.9 Å². The predicted octanol–water partition coefficient (Wildman–Crippen LogP) is 4.82. The molecule has 0 saturated carbocycles. The van der Waals surface area contributed by atoms with Crippen LogP contribution in [0, 0.1) is 0 Å². The molecule has 0 spiro atoms. The van der Waals surface area contributed by atoms with E-state index in [2.05, 4.69) is 34.2 Å². The van der Waals surface area contributed by atoms with Crippen molar-refractivity contribution in [1.29, 1.82) is 0 Å². The van der Waals surface area contributed by atoms with Crippen LogP contribution in [0.5, 0.6) is 0 Å². The fourth-order valence-electron chi connectivity index (χ4n) is 2.52. The van der Waals surface area contributed by atoms with Crippen molar-refractivity contribution in [2.45, 2.75) is 0 Å². The predicted molar refractivity (Wildman–Crippen MR) is 101 cm³/mol. The van der Waals surface area contributed by atoms with Gasteiger partial charge >= 0.3 is 0 Å². The highest BCUT2D eigenvalue weighted by Gasteiger charge is 2.03. The second kappa shape index (κ2) is 6.26. The van der Waals surface area contributed by atoms with Crippen LogP contribution >= 0.6 is 11.3 Å². The van der Waals surface area contributed by atoms with Gasteiger partial charge in [0.1, 0.15) is 5.69 Å². The normalized spacial score (nSPS) is 11.3. The lowest BCUT2D eigenvalue weighted by molar-refractivity contribution is 1.19. The number of nitrogens with one attached hydrogen (secondary N) is 1. The minimum atomic E-state index is -0.176. The molecule has 0 bridgehead atoms. The number of fused-ring (bicyclic) bond motifs is 1. The molecule has 4 heteroatoms. The molecule has 4 aromatic rings. The molecule has 2 aromatic carbocycles. The molecule has 116 valence electrons. The summed E-state index contributed by atoms with van der Waals surface area (Å²) in [6.07, 6.45) is 3.70. The van der Waals surface area contributed by atoms with E-state index in [1.54, 1.807) is 17.4 Å². The summed E-state index contributed by atoms with van der Waals surface area (Å²) >= 11 is 1.69. The number of para-hydroxylation sites is 2. The number of H-pyrrole nitrogens is 1. The van der Waals surface area contributed by atoms with E-state index in [9.17, 15) is 4.79 Å². The van der Waals surface area contributed by atoms with E-state index >= 15 is 0 Å². The van der Waals surface area contributed by atoms with Gasteiger partial charge in [0.05, 0.1) is 11.0 Å². The first-order valence-electron chi connectivity index (χ1n) is 7.62. The lowest BCUT2D eigenvalue weighted by Gasteiger charge is -1.98. The average molecular weight is 330 g/mol. The Labute approximate surface area is 143 Å². The number of nitrogens with zero attached hydrogens (tertiary/aromatic N) is 1. The highest BCUT2D eigenvalue weighted by molar-refractivity contribution is 7.16. The molecule has 3 nitrogen and oxygen atoms in total. The zero-order valence-electron chi connectivity index (χ0n) is 12.8. The number of aromatic amines is 1. The van der Waals surface area contributed by atoms with Crippen LogP contribution in [-0.2, 0) is 0 Å². The molecule has 0 aliphatic heterocycles. The van der Waals surface area contributed by atoms with E-state index in [-0.39, 0.29) is 5.56 Å². The molecule has 4 rings (SSSR count). The van der Waals surface area contributed by atoms with Crippen LogP contribution in [0.2, 0.25) is 0 Å². The Morgan fingerprint density at radius 1 is 0.875 bits per heavy atom. The third kappa shape index (κ3) is 2.92. The van der Waals surface area contributed by atoms with Crippen molar-refractivity contribution in [1.82, 2.24) is 9.97 Å². The Balaban J connectivity index is 1.65. The van der Waals surface area contributed by atoms with Gasteiger partial charge in [-0.05, 0) is 42.0 Å². The summed E-state index contributed by atoms with van der Waals surface area (Å²) in [5.74, 6) is 0. The highest BCUT2D eigenvalue weighted by atomic mass is 32.1. The number of hydrogen-bond donors (Lipinski definition) is 1. The van der Waals surface area contributed by atoms with Crippen LogP contribution < -0.4 is 5.56 Å². The van der Waals surface area contributed by atoms with Crippen LogP contribution in [0.25, 0.3) is 33.6 Å². The summed E-state index contributed by atoms with van der Waals surface area (Å²) in [6, 6.07) is 21.9. The molecule has 2 aromatic heterocycles. The van der Waals surface area contributed by atoms with E-state index < -0.39 is 0 Å². The van der Waals surface area contributed by atoms with Gasteiger partial charge in [0, 0.05) is 9.75 Å². The summed E-state index contributed by atoms with van der Waals surface area (Å²) in [5.41, 5.74) is 2.98. The number of aromatic nitrogens is 2. The second-order valence-electron chi connectivity index (χ2n) is 5.37. The van der Waals surface area contributed by atoms with Gasteiger partial charge in [-0.1, -0.05) is 42.5 Å². The second-order valence-corrected chi connectivity index (χ2v) is 6.49. The lowest BCUT2D eigenvalue weighted by Crippen LogP contribution is -2.11. The van der Waals surface area contributed by atoms with Crippen LogP contribution in [0.4, 0.5) is 0 Å². The first-order valence-corrected chi connectivity index (χ1v) is 8.44. The smallest absolute Gasteiger partial charge is 0.274 e. The number of rotatable bonds is 3. The van der Waals surface area contributed by atoms with Gasteiger partial charge in [0.15, 0.2) is 0 Å². The average Bonchev–Trinajstić information content (AvgIpc) is 3.10. The Kier molecular flexibility index (Phi) is 3.81. The summed E-state index contributed by atoms with van der Waals surface area (Å²) in [7, 11) is 0. The summed E-state index contributed by atoms with van der Waals surface area (Å²) in [6.45, 7) is 0. The SMILES string of the molecule is O=c1[nH]c2ccccc2nc1/C=C/c1ccc(-c2ccccc2)s1.